The van der Waals surface area contributed by atoms with Gasteiger partial charge in [0.25, 0.3) is 6.04 Å². The minimum absolute atomic E-state index is 0.00586. The van der Waals surface area contributed by atoms with Crippen LogP contribution in [0.4, 0.5) is 0 Å². The molecule has 0 heterocycles. The van der Waals surface area contributed by atoms with Crippen molar-refractivity contribution >= 4 is 11.9 Å². The standard InChI is InChI=1S/C12H15NO3/c1-9(14)13-11(12(15)16-2)8-10-6-4-3-5-7-10/h3-7,11H,8H2,1-2H3,(H,13,14)/p+1/t11-/m0/s1. The average molecular weight is 222 g/mol. The number of benzene rings is 1. The van der Waals surface area contributed by atoms with E-state index >= 15 is 0 Å². The second kappa shape index (κ2) is 5.90. The van der Waals surface area contributed by atoms with Gasteiger partial charge in [-0.15, -0.1) is 0 Å². The van der Waals surface area contributed by atoms with E-state index < -0.39 is 12.0 Å². The molecule has 0 aliphatic heterocycles. The maximum atomic E-state index is 11.4. The molecule has 0 radical (unpaired) electrons. The number of hydrogen-bond acceptors (Lipinski definition) is 2. The molecule has 0 saturated carbocycles. The molecule has 2 N–H and O–H groups in total. The van der Waals surface area contributed by atoms with Gasteiger partial charge in [0.05, 0.1) is 14.0 Å². The van der Waals surface area contributed by atoms with Gasteiger partial charge in [0, 0.05) is 6.42 Å². The number of hydrogen-bond donors (Lipinski definition) is 2. The van der Waals surface area contributed by atoms with Crippen molar-refractivity contribution in [3.63, 3.8) is 0 Å². The lowest BCUT2D eigenvalue weighted by Gasteiger charge is -2.05. The summed E-state index contributed by atoms with van der Waals surface area (Å²) in [5.74, 6) is -0.386. The van der Waals surface area contributed by atoms with Crippen LogP contribution in [-0.4, -0.2) is 30.1 Å². The number of aliphatic hydroxyl groups excluding tert-OH is 1. The van der Waals surface area contributed by atoms with Crippen LogP contribution in [0, 0.1) is 0 Å². The molecule has 0 bridgehead atoms. The predicted molar refractivity (Wildman–Crippen MR) is 60.2 cm³/mol. The van der Waals surface area contributed by atoms with E-state index in [1.165, 1.54) is 14.0 Å². The molecule has 1 aromatic carbocycles. The van der Waals surface area contributed by atoms with E-state index in [4.69, 9.17) is 5.11 Å². The van der Waals surface area contributed by atoms with Crippen molar-refractivity contribution in [2.45, 2.75) is 19.4 Å². The molecule has 16 heavy (non-hydrogen) atoms. The van der Waals surface area contributed by atoms with Gasteiger partial charge >= 0.3 is 11.9 Å². The number of esters is 1. The fraction of sp³-hybridized carbons (Fsp3) is 0.333. The maximum Gasteiger partial charge on any atom is 0.375 e. The van der Waals surface area contributed by atoms with Crippen molar-refractivity contribution in [1.82, 2.24) is 0 Å². The predicted octanol–water partition coefficient (Wildman–Crippen LogP) is -0.172. The summed E-state index contributed by atoms with van der Waals surface area (Å²) in [6.07, 6.45) is 0.478. The van der Waals surface area contributed by atoms with Gasteiger partial charge in [-0.25, -0.2) is 9.79 Å². The van der Waals surface area contributed by atoms with Crippen LogP contribution in [0.5, 0.6) is 0 Å². The SMILES string of the molecule is COC(=O)[C@H](Cc1ccccc1)[NH+]=C(C)O. The molecule has 0 fully saturated rings. The summed E-state index contributed by atoms with van der Waals surface area (Å²) in [4.78, 5) is 14.1. The number of methoxy groups -OCH3 is 1. The summed E-state index contributed by atoms with van der Waals surface area (Å²) in [6.45, 7) is 1.49. The van der Waals surface area contributed by atoms with Crippen LogP contribution >= 0.6 is 0 Å². The number of rotatable bonds is 4. The van der Waals surface area contributed by atoms with Gasteiger partial charge in [-0.1, -0.05) is 30.3 Å². The first-order valence-electron chi connectivity index (χ1n) is 5.04. The first kappa shape index (κ1) is 12.2. The summed E-state index contributed by atoms with van der Waals surface area (Å²) < 4.78 is 4.66. The van der Waals surface area contributed by atoms with Gasteiger partial charge in [-0.05, 0) is 5.56 Å². The van der Waals surface area contributed by atoms with Crippen molar-refractivity contribution in [2.75, 3.05) is 7.11 Å². The van der Waals surface area contributed by atoms with E-state index in [-0.39, 0.29) is 5.90 Å². The zero-order valence-electron chi connectivity index (χ0n) is 9.43. The monoisotopic (exact) mass is 222 g/mol. The third-order valence-corrected chi connectivity index (χ3v) is 2.15. The average Bonchev–Trinajstić information content (AvgIpc) is 2.28. The van der Waals surface area contributed by atoms with Gasteiger partial charge < -0.3 is 9.84 Å². The summed E-state index contributed by atoms with van der Waals surface area (Å²) in [6, 6.07) is 9.00. The number of aliphatic hydroxyl groups is 1. The van der Waals surface area contributed by atoms with E-state index in [1.807, 2.05) is 30.3 Å². The fourth-order valence-corrected chi connectivity index (χ4v) is 1.44. The molecule has 4 nitrogen and oxygen atoms in total. The fourth-order valence-electron chi connectivity index (χ4n) is 1.44. The maximum absolute atomic E-state index is 11.4. The molecule has 0 spiro atoms. The highest BCUT2D eigenvalue weighted by Crippen LogP contribution is 2.01. The Kier molecular flexibility index (Phi) is 4.51. The minimum Gasteiger partial charge on any atom is -0.464 e. The largest absolute Gasteiger partial charge is 0.464 e. The van der Waals surface area contributed by atoms with E-state index in [0.717, 1.165) is 5.56 Å². The molecule has 4 heteroatoms. The van der Waals surface area contributed by atoms with Gasteiger partial charge in [0.2, 0.25) is 0 Å². The lowest BCUT2D eigenvalue weighted by Crippen LogP contribution is -2.82. The van der Waals surface area contributed by atoms with Crippen molar-refractivity contribution < 1.29 is 19.6 Å². The molecule has 0 aliphatic rings. The third kappa shape index (κ3) is 3.73. The smallest absolute Gasteiger partial charge is 0.375 e. The lowest BCUT2D eigenvalue weighted by atomic mass is 10.1. The van der Waals surface area contributed by atoms with E-state index in [1.54, 1.807) is 0 Å². The number of carbonyl (C=O) groups excluding carboxylic acids is 1. The first-order chi connectivity index (χ1) is 7.63. The summed E-state index contributed by atoms with van der Waals surface area (Å²) in [5.41, 5.74) is 1.01. The van der Waals surface area contributed by atoms with E-state index in [9.17, 15) is 4.79 Å². The first-order valence-corrected chi connectivity index (χ1v) is 5.04. The highest BCUT2D eigenvalue weighted by molar-refractivity contribution is 5.75. The molecule has 86 valence electrons. The number of carbonyl (C=O) groups is 1. The summed E-state index contributed by atoms with van der Waals surface area (Å²) >= 11 is 0. The Labute approximate surface area is 94.6 Å². The molecule has 0 amide bonds. The molecular formula is C12H16NO3+. The van der Waals surface area contributed by atoms with Crippen LogP contribution in [0.25, 0.3) is 0 Å². The highest BCUT2D eigenvalue weighted by atomic mass is 16.5. The second-order valence-corrected chi connectivity index (χ2v) is 3.50. The molecule has 0 aliphatic carbocycles. The highest BCUT2D eigenvalue weighted by Gasteiger charge is 2.24. The second-order valence-electron chi connectivity index (χ2n) is 3.50. The molecule has 1 rings (SSSR count). The van der Waals surface area contributed by atoms with Crippen LogP contribution in [0.15, 0.2) is 30.3 Å². The van der Waals surface area contributed by atoms with Crippen LogP contribution in [0.3, 0.4) is 0 Å². The Morgan fingerprint density at radius 1 is 1.44 bits per heavy atom. The quantitative estimate of drug-likeness (QED) is 0.422. The molecule has 0 saturated heterocycles. The Balaban J connectivity index is 2.79. The Bertz CT molecular complexity index is 369. The van der Waals surface area contributed by atoms with Crippen molar-refractivity contribution in [3.8, 4) is 0 Å². The van der Waals surface area contributed by atoms with Crippen molar-refractivity contribution in [2.24, 2.45) is 0 Å². The van der Waals surface area contributed by atoms with Gasteiger partial charge in [-0.3, -0.25) is 0 Å². The molecule has 1 aromatic rings. The summed E-state index contributed by atoms with van der Waals surface area (Å²) in [7, 11) is 1.33. The Morgan fingerprint density at radius 2 is 2.06 bits per heavy atom. The lowest BCUT2D eigenvalue weighted by molar-refractivity contribution is -0.498. The number of ether oxygens (including phenoxy) is 1. The van der Waals surface area contributed by atoms with E-state index in [0.29, 0.717) is 6.42 Å². The molecule has 0 aromatic heterocycles. The normalized spacial score (nSPS) is 13.2. The minimum atomic E-state index is -0.558. The molecular weight excluding hydrogens is 206 g/mol. The van der Waals surface area contributed by atoms with Crippen LogP contribution in [0.1, 0.15) is 12.5 Å². The Morgan fingerprint density at radius 3 is 2.56 bits per heavy atom. The molecule has 1 atom stereocenters. The van der Waals surface area contributed by atoms with Crippen LogP contribution in [0.2, 0.25) is 0 Å². The van der Waals surface area contributed by atoms with Gasteiger partial charge in [-0.2, -0.15) is 0 Å². The van der Waals surface area contributed by atoms with Crippen molar-refractivity contribution in [3.05, 3.63) is 35.9 Å². The van der Waals surface area contributed by atoms with Crippen LogP contribution in [-0.2, 0) is 16.0 Å². The van der Waals surface area contributed by atoms with Gasteiger partial charge in [0.1, 0.15) is 0 Å². The zero-order chi connectivity index (χ0) is 12.0. The topological polar surface area (TPSA) is 60.5 Å². The summed E-state index contributed by atoms with van der Waals surface area (Å²) in [5, 5.41) is 9.14. The number of nitrogens with one attached hydrogen (secondary N) is 1. The zero-order valence-corrected chi connectivity index (χ0v) is 9.43. The van der Waals surface area contributed by atoms with Gasteiger partial charge in [0.15, 0.2) is 0 Å². The van der Waals surface area contributed by atoms with Crippen molar-refractivity contribution in [1.29, 1.82) is 0 Å². The van der Waals surface area contributed by atoms with Crippen LogP contribution < -0.4 is 4.99 Å². The third-order valence-electron chi connectivity index (χ3n) is 2.15. The Hall–Kier alpha value is -1.84. The molecule has 0 unspecified atom stereocenters. The van der Waals surface area contributed by atoms with E-state index in [2.05, 4.69) is 9.73 Å².